The van der Waals surface area contributed by atoms with Crippen molar-refractivity contribution in [3.8, 4) is 0 Å². The summed E-state index contributed by atoms with van der Waals surface area (Å²) in [5.74, 6) is 0. The minimum absolute atomic E-state index is 0.0324. The number of halogens is 1. The number of benzene rings is 1. The molecule has 5 nitrogen and oxygen atoms in total. The van der Waals surface area contributed by atoms with E-state index in [2.05, 4.69) is 0 Å². The zero-order valence-electron chi connectivity index (χ0n) is 9.80. The Morgan fingerprint density at radius 2 is 2.17 bits per heavy atom. The highest BCUT2D eigenvalue weighted by molar-refractivity contribution is 6.31. The first-order chi connectivity index (χ1) is 8.66. The summed E-state index contributed by atoms with van der Waals surface area (Å²) >= 11 is 5.99. The van der Waals surface area contributed by atoms with Gasteiger partial charge in [0.25, 0.3) is 5.69 Å². The normalized spacial score (nSPS) is 16.7. The van der Waals surface area contributed by atoms with Crippen molar-refractivity contribution >= 4 is 17.3 Å². The van der Waals surface area contributed by atoms with E-state index in [1.165, 1.54) is 18.2 Å². The monoisotopic (exact) mass is 271 g/mol. The molecule has 1 aromatic carbocycles. The van der Waals surface area contributed by atoms with Crippen LogP contribution in [-0.4, -0.2) is 24.2 Å². The first-order valence-corrected chi connectivity index (χ1v) is 6.17. The predicted molar refractivity (Wildman–Crippen MR) is 66.7 cm³/mol. The second kappa shape index (κ2) is 6.13. The molecule has 2 rings (SSSR count). The van der Waals surface area contributed by atoms with Gasteiger partial charge in [0.05, 0.1) is 17.6 Å². The summed E-state index contributed by atoms with van der Waals surface area (Å²) in [5.41, 5.74) is 0.683. The van der Waals surface area contributed by atoms with Gasteiger partial charge in [-0.1, -0.05) is 11.6 Å². The third-order valence-electron chi connectivity index (χ3n) is 2.88. The molecule has 6 heteroatoms. The van der Waals surface area contributed by atoms with Crippen molar-refractivity contribution in [1.82, 2.24) is 0 Å². The number of nitro benzene ring substituents is 1. The Hall–Kier alpha value is -1.17. The molecule has 0 amide bonds. The van der Waals surface area contributed by atoms with Crippen LogP contribution in [-0.2, 0) is 16.1 Å². The molecule has 1 heterocycles. The van der Waals surface area contributed by atoms with Crippen molar-refractivity contribution in [2.45, 2.75) is 25.6 Å². The van der Waals surface area contributed by atoms with Crippen molar-refractivity contribution in [2.24, 2.45) is 0 Å². The summed E-state index contributed by atoms with van der Waals surface area (Å²) < 4.78 is 10.9. The number of nitro groups is 1. The van der Waals surface area contributed by atoms with Crippen molar-refractivity contribution in [2.75, 3.05) is 13.2 Å². The summed E-state index contributed by atoms with van der Waals surface area (Å²) in [7, 11) is 0. The van der Waals surface area contributed by atoms with E-state index in [1.54, 1.807) is 0 Å². The molecule has 0 unspecified atom stereocenters. The first-order valence-electron chi connectivity index (χ1n) is 5.79. The third kappa shape index (κ3) is 3.41. The average Bonchev–Trinajstić information content (AvgIpc) is 2.38. The van der Waals surface area contributed by atoms with Crippen molar-refractivity contribution in [1.29, 1.82) is 0 Å². The van der Waals surface area contributed by atoms with Gasteiger partial charge >= 0.3 is 0 Å². The van der Waals surface area contributed by atoms with E-state index in [4.69, 9.17) is 21.1 Å². The van der Waals surface area contributed by atoms with Gasteiger partial charge in [0.15, 0.2) is 0 Å². The largest absolute Gasteiger partial charge is 0.381 e. The van der Waals surface area contributed by atoms with Gasteiger partial charge in [-0.2, -0.15) is 0 Å². The molecular weight excluding hydrogens is 258 g/mol. The van der Waals surface area contributed by atoms with E-state index in [0.717, 1.165) is 12.8 Å². The Bertz CT molecular complexity index is 432. The number of rotatable bonds is 4. The smallest absolute Gasteiger partial charge is 0.269 e. The number of hydrogen-bond donors (Lipinski definition) is 0. The van der Waals surface area contributed by atoms with E-state index < -0.39 is 4.92 Å². The molecule has 0 N–H and O–H groups in total. The molecule has 1 aliphatic heterocycles. The van der Waals surface area contributed by atoms with Crippen molar-refractivity contribution in [3.05, 3.63) is 38.9 Å². The van der Waals surface area contributed by atoms with Gasteiger partial charge in [0.1, 0.15) is 0 Å². The molecule has 0 saturated carbocycles. The second-order valence-electron chi connectivity index (χ2n) is 4.16. The lowest BCUT2D eigenvalue weighted by Crippen LogP contribution is -2.23. The fraction of sp³-hybridized carbons (Fsp3) is 0.500. The van der Waals surface area contributed by atoms with Crippen LogP contribution in [0.2, 0.25) is 5.02 Å². The summed E-state index contributed by atoms with van der Waals surface area (Å²) in [6.45, 7) is 1.70. The van der Waals surface area contributed by atoms with Crippen LogP contribution in [0.15, 0.2) is 18.2 Å². The zero-order chi connectivity index (χ0) is 13.0. The average molecular weight is 272 g/mol. The standard InChI is InChI=1S/C12H14ClNO4/c13-12-2-1-10(14(15)16)7-9(12)8-18-11-3-5-17-6-4-11/h1-2,7,11H,3-6,8H2. The Balaban J connectivity index is 1.99. The summed E-state index contributed by atoms with van der Waals surface area (Å²) in [6, 6.07) is 4.38. The molecule has 1 aromatic rings. The predicted octanol–water partition coefficient (Wildman–Crippen LogP) is 2.94. The van der Waals surface area contributed by atoms with Gasteiger partial charge in [-0.25, -0.2) is 0 Å². The molecule has 0 aliphatic carbocycles. The van der Waals surface area contributed by atoms with Crippen LogP contribution in [0.3, 0.4) is 0 Å². The van der Waals surface area contributed by atoms with Crippen LogP contribution < -0.4 is 0 Å². The number of nitrogens with zero attached hydrogens (tertiary/aromatic N) is 1. The summed E-state index contributed by atoms with van der Waals surface area (Å²) in [6.07, 6.45) is 1.85. The van der Waals surface area contributed by atoms with Crippen LogP contribution in [0.25, 0.3) is 0 Å². The summed E-state index contributed by atoms with van der Waals surface area (Å²) in [4.78, 5) is 10.2. The van der Waals surface area contributed by atoms with E-state index in [0.29, 0.717) is 30.4 Å². The van der Waals surface area contributed by atoms with Crippen LogP contribution in [0.5, 0.6) is 0 Å². The van der Waals surface area contributed by atoms with Crippen LogP contribution in [0.4, 0.5) is 5.69 Å². The Labute approximate surface area is 110 Å². The van der Waals surface area contributed by atoms with Gasteiger partial charge in [-0.05, 0) is 18.9 Å². The van der Waals surface area contributed by atoms with Gasteiger partial charge in [0.2, 0.25) is 0 Å². The van der Waals surface area contributed by atoms with Crippen LogP contribution in [0.1, 0.15) is 18.4 Å². The summed E-state index contributed by atoms with van der Waals surface area (Å²) in [5, 5.41) is 11.2. The molecule has 98 valence electrons. The minimum atomic E-state index is -0.436. The van der Waals surface area contributed by atoms with E-state index >= 15 is 0 Å². The zero-order valence-corrected chi connectivity index (χ0v) is 10.6. The number of non-ortho nitro benzene ring substituents is 1. The molecule has 18 heavy (non-hydrogen) atoms. The Kier molecular flexibility index (Phi) is 4.52. The maximum absolute atomic E-state index is 10.7. The highest BCUT2D eigenvalue weighted by Gasteiger charge is 2.16. The molecule has 0 spiro atoms. The van der Waals surface area contributed by atoms with E-state index in [1.807, 2.05) is 0 Å². The number of hydrogen-bond acceptors (Lipinski definition) is 4. The molecule has 1 aliphatic rings. The fourth-order valence-electron chi connectivity index (χ4n) is 1.84. The van der Waals surface area contributed by atoms with E-state index in [9.17, 15) is 10.1 Å². The lowest BCUT2D eigenvalue weighted by molar-refractivity contribution is -0.385. The fourth-order valence-corrected chi connectivity index (χ4v) is 2.01. The third-order valence-corrected chi connectivity index (χ3v) is 3.25. The van der Waals surface area contributed by atoms with Crippen molar-refractivity contribution < 1.29 is 14.4 Å². The van der Waals surface area contributed by atoms with Gasteiger partial charge in [-0.15, -0.1) is 0 Å². The maximum Gasteiger partial charge on any atom is 0.269 e. The SMILES string of the molecule is O=[N+]([O-])c1ccc(Cl)c(COC2CCOCC2)c1. The highest BCUT2D eigenvalue weighted by Crippen LogP contribution is 2.24. The lowest BCUT2D eigenvalue weighted by atomic mass is 10.1. The second-order valence-corrected chi connectivity index (χ2v) is 4.56. The van der Waals surface area contributed by atoms with Crippen LogP contribution in [0, 0.1) is 10.1 Å². The molecule has 1 saturated heterocycles. The first kappa shape index (κ1) is 13.3. The molecule has 1 fully saturated rings. The lowest BCUT2D eigenvalue weighted by Gasteiger charge is -2.22. The quantitative estimate of drug-likeness (QED) is 0.624. The molecular formula is C12H14ClNO4. The Morgan fingerprint density at radius 3 is 2.83 bits per heavy atom. The topological polar surface area (TPSA) is 61.6 Å². The molecule has 0 radical (unpaired) electrons. The van der Waals surface area contributed by atoms with Gasteiger partial charge in [0, 0.05) is 35.9 Å². The van der Waals surface area contributed by atoms with Gasteiger partial charge in [-0.3, -0.25) is 10.1 Å². The maximum atomic E-state index is 10.7. The molecule has 0 aromatic heterocycles. The number of ether oxygens (including phenoxy) is 2. The minimum Gasteiger partial charge on any atom is -0.381 e. The highest BCUT2D eigenvalue weighted by atomic mass is 35.5. The molecule has 0 bridgehead atoms. The Morgan fingerprint density at radius 1 is 1.44 bits per heavy atom. The molecule has 0 atom stereocenters. The van der Waals surface area contributed by atoms with Gasteiger partial charge < -0.3 is 9.47 Å². The van der Waals surface area contributed by atoms with Crippen molar-refractivity contribution in [3.63, 3.8) is 0 Å². The van der Waals surface area contributed by atoms with Crippen LogP contribution >= 0.6 is 11.6 Å². The van der Waals surface area contributed by atoms with E-state index in [-0.39, 0.29) is 11.8 Å².